The number of esters is 1. The number of rotatable bonds is 6. The largest absolute Gasteiger partial charge is 0.459 e. The summed E-state index contributed by atoms with van der Waals surface area (Å²) >= 11 is 0. The van der Waals surface area contributed by atoms with Gasteiger partial charge in [-0.25, -0.2) is 9.59 Å². The lowest BCUT2D eigenvalue weighted by molar-refractivity contribution is -0.155. The number of alkyl carbamates (subject to hydrolysis) is 1. The van der Waals surface area contributed by atoms with E-state index in [1.54, 1.807) is 34.6 Å². The number of likely N-dealkylation sites (tertiary alicyclic amines) is 1. The van der Waals surface area contributed by atoms with Crippen LogP contribution in [0.5, 0.6) is 0 Å². The first-order valence-corrected chi connectivity index (χ1v) is 10.2. The summed E-state index contributed by atoms with van der Waals surface area (Å²) in [6.07, 6.45) is -1.45. The maximum atomic E-state index is 13.2. The quantitative estimate of drug-likeness (QED) is 0.684. The van der Waals surface area contributed by atoms with E-state index in [1.807, 2.05) is 30.3 Å². The molecule has 0 aliphatic carbocycles. The van der Waals surface area contributed by atoms with Gasteiger partial charge in [0.05, 0.1) is 6.10 Å². The number of benzene rings is 1. The van der Waals surface area contributed by atoms with Crippen molar-refractivity contribution in [2.45, 2.75) is 71.4 Å². The zero-order chi connectivity index (χ0) is 22.5. The van der Waals surface area contributed by atoms with Gasteiger partial charge in [0.25, 0.3) is 0 Å². The molecule has 0 unspecified atom stereocenters. The second-order valence-corrected chi connectivity index (χ2v) is 8.86. The molecule has 8 heteroatoms. The van der Waals surface area contributed by atoms with Gasteiger partial charge in [-0.05, 0) is 32.3 Å². The third kappa shape index (κ3) is 6.73. The van der Waals surface area contributed by atoms with Crippen molar-refractivity contribution in [3.05, 3.63) is 35.9 Å². The highest BCUT2D eigenvalue weighted by Gasteiger charge is 2.43. The molecule has 2 rings (SSSR count). The van der Waals surface area contributed by atoms with E-state index in [9.17, 15) is 19.5 Å². The first kappa shape index (κ1) is 23.7. The minimum absolute atomic E-state index is 0.00313. The van der Waals surface area contributed by atoms with Crippen LogP contribution in [-0.4, -0.2) is 58.3 Å². The highest BCUT2D eigenvalue weighted by Crippen LogP contribution is 2.22. The maximum absolute atomic E-state index is 13.2. The van der Waals surface area contributed by atoms with Gasteiger partial charge in [-0.3, -0.25) is 4.79 Å². The molecule has 1 aromatic carbocycles. The molecular weight excluding hydrogens is 388 g/mol. The molecule has 3 atom stereocenters. The number of amides is 2. The lowest BCUT2D eigenvalue weighted by Crippen LogP contribution is -2.54. The van der Waals surface area contributed by atoms with Crippen molar-refractivity contribution < 1.29 is 29.0 Å². The van der Waals surface area contributed by atoms with E-state index in [-0.39, 0.29) is 25.5 Å². The summed E-state index contributed by atoms with van der Waals surface area (Å²) in [6, 6.07) is 7.41. The predicted octanol–water partition coefficient (Wildman–Crippen LogP) is 2.24. The summed E-state index contributed by atoms with van der Waals surface area (Å²) < 4.78 is 10.6. The van der Waals surface area contributed by atoms with Crippen LogP contribution in [0.15, 0.2) is 30.3 Å². The normalized spacial score (nSPS) is 20.0. The zero-order valence-corrected chi connectivity index (χ0v) is 18.3. The fourth-order valence-electron chi connectivity index (χ4n) is 3.23. The first-order chi connectivity index (χ1) is 14.0. The third-order valence-electron chi connectivity index (χ3n) is 4.66. The van der Waals surface area contributed by atoms with Gasteiger partial charge in [0.1, 0.15) is 24.3 Å². The van der Waals surface area contributed by atoms with Crippen LogP contribution in [0.25, 0.3) is 0 Å². The standard InChI is InChI=1S/C22H32N2O6/c1-14(2)18(23-21(28)30-22(3,4)5)19(26)24-12-16(25)11-17(24)20(27)29-13-15-9-7-6-8-10-15/h6-10,14,16-18,25H,11-13H2,1-5H3,(H,23,28)/t16-,17+,18+/m1/s1. The van der Waals surface area contributed by atoms with Gasteiger partial charge in [-0.2, -0.15) is 0 Å². The Morgan fingerprint density at radius 2 is 1.83 bits per heavy atom. The number of ether oxygens (including phenoxy) is 2. The SMILES string of the molecule is CC(C)[C@H](NC(=O)OC(C)(C)C)C(=O)N1C[C@H](O)C[C@H]1C(=O)OCc1ccccc1. The highest BCUT2D eigenvalue weighted by atomic mass is 16.6. The van der Waals surface area contributed by atoms with E-state index in [0.29, 0.717) is 0 Å². The Balaban J connectivity index is 2.07. The summed E-state index contributed by atoms with van der Waals surface area (Å²) in [4.78, 5) is 39.3. The van der Waals surface area contributed by atoms with E-state index < -0.39 is 41.8 Å². The van der Waals surface area contributed by atoms with Crippen LogP contribution in [0, 0.1) is 5.92 Å². The number of carbonyl (C=O) groups is 3. The average molecular weight is 421 g/mol. The lowest BCUT2D eigenvalue weighted by atomic mass is 10.0. The Morgan fingerprint density at radius 1 is 1.20 bits per heavy atom. The number of nitrogens with zero attached hydrogens (tertiary/aromatic N) is 1. The van der Waals surface area contributed by atoms with Gasteiger partial charge in [0, 0.05) is 13.0 Å². The number of aliphatic hydroxyl groups is 1. The van der Waals surface area contributed by atoms with Crippen molar-refractivity contribution in [1.82, 2.24) is 10.2 Å². The minimum atomic E-state index is -0.905. The number of aliphatic hydroxyl groups excluding tert-OH is 1. The second kappa shape index (κ2) is 9.93. The third-order valence-corrected chi connectivity index (χ3v) is 4.66. The Hall–Kier alpha value is -2.61. The van der Waals surface area contributed by atoms with E-state index in [1.165, 1.54) is 4.90 Å². The van der Waals surface area contributed by atoms with Crippen molar-refractivity contribution in [2.24, 2.45) is 5.92 Å². The smallest absolute Gasteiger partial charge is 0.408 e. The number of nitrogens with one attached hydrogen (secondary N) is 1. The molecule has 1 fully saturated rings. The summed E-state index contributed by atoms with van der Waals surface area (Å²) in [7, 11) is 0. The Kier molecular flexibility index (Phi) is 7.83. The lowest BCUT2D eigenvalue weighted by Gasteiger charge is -2.30. The molecular formula is C22H32N2O6. The fourth-order valence-corrected chi connectivity index (χ4v) is 3.23. The van der Waals surface area contributed by atoms with Gasteiger partial charge in [0.2, 0.25) is 5.91 Å². The molecule has 0 bridgehead atoms. The van der Waals surface area contributed by atoms with Crippen LogP contribution >= 0.6 is 0 Å². The molecule has 1 aliphatic rings. The van der Waals surface area contributed by atoms with Gasteiger partial charge in [-0.1, -0.05) is 44.2 Å². The summed E-state index contributed by atoms with van der Waals surface area (Å²) in [6.45, 7) is 8.85. The fraction of sp³-hybridized carbons (Fsp3) is 0.591. The van der Waals surface area contributed by atoms with Crippen molar-refractivity contribution in [3.8, 4) is 0 Å². The summed E-state index contributed by atoms with van der Waals surface area (Å²) in [5, 5.41) is 12.7. The Labute approximate surface area is 177 Å². The summed E-state index contributed by atoms with van der Waals surface area (Å²) in [5.74, 6) is -1.28. The van der Waals surface area contributed by atoms with Crippen molar-refractivity contribution in [3.63, 3.8) is 0 Å². The van der Waals surface area contributed by atoms with Crippen molar-refractivity contribution in [1.29, 1.82) is 0 Å². The van der Waals surface area contributed by atoms with Crippen molar-refractivity contribution in [2.75, 3.05) is 6.54 Å². The molecule has 1 saturated heterocycles. The molecule has 2 N–H and O–H groups in total. The molecule has 1 aliphatic heterocycles. The topological polar surface area (TPSA) is 105 Å². The number of carbonyl (C=O) groups excluding carboxylic acids is 3. The van der Waals surface area contributed by atoms with E-state index in [0.717, 1.165) is 5.56 Å². The van der Waals surface area contributed by atoms with E-state index >= 15 is 0 Å². The first-order valence-electron chi connectivity index (χ1n) is 10.2. The molecule has 30 heavy (non-hydrogen) atoms. The van der Waals surface area contributed by atoms with Crippen LogP contribution in [-0.2, 0) is 25.7 Å². The minimum Gasteiger partial charge on any atom is -0.459 e. The van der Waals surface area contributed by atoms with Crippen LogP contribution in [0.4, 0.5) is 4.79 Å². The Morgan fingerprint density at radius 3 is 2.40 bits per heavy atom. The molecule has 0 spiro atoms. The van der Waals surface area contributed by atoms with Gasteiger partial charge < -0.3 is 24.8 Å². The molecule has 166 valence electrons. The number of hydrogen-bond donors (Lipinski definition) is 2. The van der Waals surface area contributed by atoms with Crippen LogP contribution in [0.1, 0.15) is 46.6 Å². The second-order valence-electron chi connectivity index (χ2n) is 8.86. The number of hydrogen-bond acceptors (Lipinski definition) is 6. The monoisotopic (exact) mass is 420 g/mol. The molecule has 1 aromatic rings. The van der Waals surface area contributed by atoms with Gasteiger partial charge >= 0.3 is 12.1 Å². The molecule has 1 heterocycles. The predicted molar refractivity (Wildman–Crippen MR) is 110 cm³/mol. The van der Waals surface area contributed by atoms with Crippen LogP contribution < -0.4 is 5.32 Å². The maximum Gasteiger partial charge on any atom is 0.408 e. The van der Waals surface area contributed by atoms with Crippen LogP contribution in [0.2, 0.25) is 0 Å². The molecule has 8 nitrogen and oxygen atoms in total. The van der Waals surface area contributed by atoms with Gasteiger partial charge in [-0.15, -0.1) is 0 Å². The molecule has 0 aromatic heterocycles. The van der Waals surface area contributed by atoms with Crippen molar-refractivity contribution >= 4 is 18.0 Å². The van der Waals surface area contributed by atoms with Gasteiger partial charge in [0.15, 0.2) is 0 Å². The molecule has 2 amide bonds. The van der Waals surface area contributed by atoms with E-state index in [4.69, 9.17) is 9.47 Å². The Bertz CT molecular complexity index is 744. The highest BCUT2D eigenvalue weighted by molar-refractivity contribution is 5.90. The van der Waals surface area contributed by atoms with E-state index in [2.05, 4.69) is 5.32 Å². The summed E-state index contributed by atoms with van der Waals surface area (Å²) in [5.41, 5.74) is 0.122. The molecule has 0 radical (unpaired) electrons. The zero-order valence-electron chi connectivity index (χ0n) is 18.3. The average Bonchev–Trinajstić information content (AvgIpc) is 3.04. The van der Waals surface area contributed by atoms with Crippen LogP contribution in [0.3, 0.4) is 0 Å². The number of β-amino-alcohol motifs (C(OH)–C–C–N with tert-alkyl or cyclic N) is 1. The molecule has 0 saturated carbocycles.